The van der Waals surface area contributed by atoms with Crippen LogP contribution in [0.15, 0.2) is 36.4 Å². The van der Waals surface area contributed by atoms with Crippen LogP contribution in [-0.4, -0.2) is 30.0 Å². The maximum atomic E-state index is 6.02. The molecule has 0 saturated carbocycles. The molecule has 2 heterocycles. The summed E-state index contributed by atoms with van der Waals surface area (Å²) >= 11 is 0. The van der Waals surface area contributed by atoms with Crippen molar-refractivity contribution in [3.8, 4) is 0 Å². The lowest BCUT2D eigenvalue weighted by molar-refractivity contribution is 0.192. The fraction of sp³-hybridized carbons (Fsp3) is 0.471. The lowest BCUT2D eigenvalue weighted by Gasteiger charge is -2.31. The van der Waals surface area contributed by atoms with Crippen molar-refractivity contribution < 1.29 is 0 Å². The van der Waals surface area contributed by atoms with Crippen molar-refractivity contribution >= 4 is 10.9 Å². The third kappa shape index (κ3) is 2.56. The predicted molar refractivity (Wildman–Crippen MR) is 83.5 cm³/mol. The van der Waals surface area contributed by atoms with E-state index in [4.69, 9.17) is 10.7 Å². The highest BCUT2D eigenvalue weighted by Gasteiger charge is 2.29. The van der Waals surface area contributed by atoms with Crippen molar-refractivity contribution in [2.45, 2.75) is 25.3 Å². The van der Waals surface area contributed by atoms with E-state index in [1.807, 2.05) is 0 Å². The van der Waals surface area contributed by atoms with E-state index in [2.05, 4.69) is 48.3 Å². The van der Waals surface area contributed by atoms with Crippen molar-refractivity contribution in [2.75, 3.05) is 20.1 Å². The van der Waals surface area contributed by atoms with Gasteiger partial charge in [-0.15, -0.1) is 0 Å². The van der Waals surface area contributed by atoms with E-state index in [0.717, 1.165) is 18.6 Å². The average molecular weight is 269 g/mol. The molecule has 1 aromatic heterocycles. The predicted octanol–water partition coefficient (Wildman–Crippen LogP) is 2.97. The number of hydrogen-bond donors (Lipinski definition) is 1. The minimum Gasteiger partial charge on any atom is -0.330 e. The summed E-state index contributed by atoms with van der Waals surface area (Å²) < 4.78 is 0. The maximum Gasteiger partial charge on any atom is 0.0706 e. The summed E-state index contributed by atoms with van der Waals surface area (Å²) in [5, 5.41) is 1.21. The first-order valence-electron chi connectivity index (χ1n) is 7.55. The van der Waals surface area contributed by atoms with Crippen LogP contribution in [0.3, 0.4) is 0 Å². The van der Waals surface area contributed by atoms with Gasteiger partial charge in [0.05, 0.1) is 17.3 Å². The van der Waals surface area contributed by atoms with Gasteiger partial charge in [-0.2, -0.15) is 0 Å². The molecule has 2 atom stereocenters. The summed E-state index contributed by atoms with van der Waals surface area (Å²) in [4.78, 5) is 7.32. The Bertz CT molecular complexity index is 581. The van der Waals surface area contributed by atoms with Crippen LogP contribution in [0.25, 0.3) is 10.9 Å². The number of likely N-dealkylation sites (tertiary alicyclic amines) is 1. The Morgan fingerprint density at radius 1 is 1.20 bits per heavy atom. The number of nitrogens with two attached hydrogens (primary N) is 1. The lowest BCUT2D eigenvalue weighted by Crippen LogP contribution is -2.33. The minimum atomic E-state index is 0.354. The monoisotopic (exact) mass is 269 g/mol. The summed E-state index contributed by atoms with van der Waals surface area (Å²) in [6.45, 7) is 1.87. The zero-order valence-electron chi connectivity index (χ0n) is 12.1. The number of fused-ring (bicyclic) bond motifs is 1. The van der Waals surface area contributed by atoms with Gasteiger partial charge in [0.25, 0.3) is 0 Å². The van der Waals surface area contributed by atoms with Gasteiger partial charge in [0, 0.05) is 5.39 Å². The van der Waals surface area contributed by atoms with Gasteiger partial charge in [-0.1, -0.05) is 30.7 Å². The number of aromatic nitrogens is 1. The summed E-state index contributed by atoms with van der Waals surface area (Å²) in [6.07, 6.45) is 3.74. The lowest BCUT2D eigenvalue weighted by atomic mass is 9.92. The van der Waals surface area contributed by atoms with E-state index in [1.54, 1.807) is 0 Å². The van der Waals surface area contributed by atoms with Gasteiger partial charge in [0.1, 0.15) is 0 Å². The summed E-state index contributed by atoms with van der Waals surface area (Å²) in [5.74, 6) is 0.510. The molecule has 20 heavy (non-hydrogen) atoms. The molecule has 0 spiro atoms. The number of para-hydroxylation sites is 1. The number of benzene rings is 1. The Morgan fingerprint density at radius 2 is 2.05 bits per heavy atom. The first-order chi connectivity index (χ1) is 9.79. The quantitative estimate of drug-likeness (QED) is 0.911. The highest BCUT2D eigenvalue weighted by atomic mass is 15.1. The molecule has 3 heteroatoms. The van der Waals surface area contributed by atoms with Crippen LogP contribution >= 0.6 is 0 Å². The Labute approximate surface area is 120 Å². The summed E-state index contributed by atoms with van der Waals surface area (Å²) in [6, 6.07) is 13.0. The molecule has 3 rings (SSSR count). The Balaban J connectivity index is 2.01. The SMILES string of the molecule is CN1CCCCC(CN)C1c1ccc2ccccc2n1. The molecule has 106 valence electrons. The van der Waals surface area contributed by atoms with Crippen LogP contribution in [0.2, 0.25) is 0 Å². The molecule has 2 N–H and O–H groups in total. The Kier molecular flexibility index (Phi) is 3.99. The maximum absolute atomic E-state index is 6.02. The molecule has 1 saturated heterocycles. The van der Waals surface area contributed by atoms with Crippen molar-refractivity contribution in [1.82, 2.24) is 9.88 Å². The highest BCUT2D eigenvalue weighted by Crippen LogP contribution is 2.33. The number of nitrogens with zero attached hydrogens (tertiary/aromatic N) is 2. The van der Waals surface area contributed by atoms with Crippen LogP contribution in [0.1, 0.15) is 31.0 Å². The highest BCUT2D eigenvalue weighted by molar-refractivity contribution is 5.78. The normalized spacial score (nSPS) is 24.7. The second-order valence-corrected chi connectivity index (χ2v) is 5.85. The van der Waals surface area contributed by atoms with Crippen molar-refractivity contribution in [2.24, 2.45) is 11.7 Å². The second-order valence-electron chi connectivity index (χ2n) is 5.85. The fourth-order valence-corrected chi connectivity index (χ4v) is 3.39. The summed E-state index contributed by atoms with van der Waals surface area (Å²) in [5.41, 5.74) is 8.27. The van der Waals surface area contributed by atoms with Crippen molar-refractivity contribution in [3.63, 3.8) is 0 Å². The zero-order chi connectivity index (χ0) is 13.9. The molecule has 1 fully saturated rings. The van der Waals surface area contributed by atoms with E-state index >= 15 is 0 Å². The number of pyridine rings is 1. The van der Waals surface area contributed by atoms with E-state index in [0.29, 0.717) is 12.0 Å². The average Bonchev–Trinajstić information content (AvgIpc) is 2.68. The van der Waals surface area contributed by atoms with Crippen LogP contribution in [0.4, 0.5) is 0 Å². The van der Waals surface area contributed by atoms with Crippen LogP contribution < -0.4 is 5.73 Å². The molecule has 0 aliphatic carbocycles. The van der Waals surface area contributed by atoms with Crippen LogP contribution in [0, 0.1) is 5.92 Å². The van der Waals surface area contributed by atoms with Gasteiger partial charge in [-0.25, -0.2) is 0 Å². The molecular weight excluding hydrogens is 246 g/mol. The van der Waals surface area contributed by atoms with E-state index < -0.39 is 0 Å². The van der Waals surface area contributed by atoms with E-state index in [1.165, 1.54) is 30.3 Å². The third-order valence-electron chi connectivity index (χ3n) is 4.48. The van der Waals surface area contributed by atoms with Gasteiger partial charge in [-0.3, -0.25) is 9.88 Å². The molecule has 2 aromatic rings. The molecule has 1 aliphatic rings. The fourth-order valence-electron chi connectivity index (χ4n) is 3.39. The van der Waals surface area contributed by atoms with Crippen molar-refractivity contribution in [1.29, 1.82) is 0 Å². The number of hydrogen-bond acceptors (Lipinski definition) is 3. The van der Waals surface area contributed by atoms with Crippen LogP contribution in [-0.2, 0) is 0 Å². The first kappa shape index (κ1) is 13.5. The molecule has 2 unspecified atom stereocenters. The molecule has 0 amide bonds. The Morgan fingerprint density at radius 3 is 2.90 bits per heavy atom. The van der Waals surface area contributed by atoms with Gasteiger partial charge in [0.15, 0.2) is 0 Å². The van der Waals surface area contributed by atoms with Crippen molar-refractivity contribution in [3.05, 3.63) is 42.1 Å². The zero-order valence-corrected chi connectivity index (χ0v) is 12.1. The van der Waals surface area contributed by atoms with E-state index in [9.17, 15) is 0 Å². The molecule has 1 aliphatic heterocycles. The third-order valence-corrected chi connectivity index (χ3v) is 4.48. The Hall–Kier alpha value is -1.45. The van der Waals surface area contributed by atoms with Gasteiger partial charge >= 0.3 is 0 Å². The topological polar surface area (TPSA) is 42.1 Å². The number of rotatable bonds is 2. The minimum absolute atomic E-state index is 0.354. The molecule has 0 radical (unpaired) electrons. The summed E-state index contributed by atoms with van der Waals surface area (Å²) in [7, 11) is 2.20. The molecular formula is C17H23N3. The van der Waals surface area contributed by atoms with Gasteiger partial charge in [0.2, 0.25) is 0 Å². The first-order valence-corrected chi connectivity index (χ1v) is 7.55. The van der Waals surface area contributed by atoms with Gasteiger partial charge in [-0.05, 0) is 51.0 Å². The molecule has 3 nitrogen and oxygen atoms in total. The molecule has 0 bridgehead atoms. The van der Waals surface area contributed by atoms with Gasteiger partial charge < -0.3 is 5.73 Å². The molecule has 1 aromatic carbocycles. The largest absolute Gasteiger partial charge is 0.330 e. The van der Waals surface area contributed by atoms with Crippen LogP contribution in [0.5, 0.6) is 0 Å². The second kappa shape index (κ2) is 5.90. The standard InChI is InChI=1S/C17H23N3/c1-20-11-5-4-7-14(12-18)17(20)16-10-9-13-6-2-3-8-15(13)19-16/h2-3,6,8-10,14,17H,4-5,7,11-12,18H2,1H3. The smallest absolute Gasteiger partial charge is 0.0706 e. The van der Waals surface area contributed by atoms with E-state index in [-0.39, 0.29) is 0 Å².